The topological polar surface area (TPSA) is 52.6 Å². The molecule has 0 rings (SSSR count). The quantitative estimate of drug-likeness (QED) is 0.352. The summed E-state index contributed by atoms with van der Waals surface area (Å²) in [7, 11) is -3.35. The molecule has 0 heterocycles. The zero-order valence-electron chi connectivity index (χ0n) is 8.73. The summed E-state index contributed by atoms with van der Waals surface area (Å²) in [6.07, 6.45) is 3.45. The maximum atomic E-state index is 10.7. The van der Waals surface area contributed by atoms with Crippen LogP contribution < -0.4 is 0 Å². The Kier molecular flexibility index (Phi) is 6.78. The Bertz CT molecular complexity index is 246. The van der Waals surface area contributed by atoms with E-state index < -0.39 is 10.1 Å². The fourth-order valence-corrected chi connectivity index (χ4v) is 1.28. The summed E-state index contributed by atoms with van der Waals surface area (Å²) in [6.45, 7) is 6.93. The normalized spacial score (nSPS) is 13.9. The zero-order valence-corrected chi connectivity index (χ0v) is 9.55. The van der Waals surface area contributed by atoms with Crippen LogP contribution in [0.1, 0.15) is 13.3 Å². The molecule has 0 spiro atoms. The van der Waals surface area contributed by atoms with Crippen molar-refractivity contribution in [3.63, 3.8) is 0 Å². The van der Waals surface area contributed by atoms with E-state index in [-0.39, 0.29) is 12.5 Å². The van der Waals surface area contributed by atoms with E-state index in [2.05, 4.69) is 10.8 Å². The van der Waals surface area contributed by atoms with Crippen molar-refractivity contribution in [3.05, 3.63) is 12.7 Å². The molecule has 0 radical (unpaired) electrons. The first-order chi connectivity index (χ1) is 6.49. The first kappa shape index (κ1) is 13.6. The molecule has 0 fully saturated rings. The molecule has 1 unspecified atom stereocenters. The minimum atomic E-state index is -3.35. The molecular weight excluding hydrogens is 204 g/mol. The van der Waals surface area contributed by atoms with Gasteiger partial charge in [-0.2, -0.15) is 8.42 Å². The largest absolute Gasteiger partial charge is 0.382 e. The lowest BCUT2D eigenvalue weighted by molar-refractivity contribution is 0.129. The third kappa shape index (κ3) is 8.22. The first-order valence-corrected chi connectivity index (χ1v) is 6.36. The van der Waals surface area contributed by atoms with Crippen LogP contribution in [0.5, 0.6) is 0 Å². The summed E-state index contributed by atoms with van der Waals surface area (Å²) in [5, 5.41) is 0. The van der Waals surface area contributed by atoms with E-state index in [4.69, 9.17) is 4.74 Å². The van der Waals surface area contributed by atoms with Crippen molar-refractivity contribution in [2.24, 2.45) is 5.92 Å². The second-order valence-corrected chi connectivity index (χ2v) is 4.61. The number of hydrogen-bond donors (Lipinski definition) is 0. The van der Waals surface area contributed by atoms with Crippen LogP contribution in [0.25, 0.3) is 0 Å². The Morgan fingerprint density at radius 1 is 1.50 bits per heavy atom. The lowest BCUT2D eigenvalue weighted by Crippen LogP contribution is -2.13. The standard InChI is InChI=1S/C9H18O4S/c1-4-9(6-7-12-5-2)8-13-14(3,10)11/h4,9H,1,5-8H2,2-3H3. The van der Waals surface area contributed by atoms with E-state index in [9.17, 15) is 8.42 Å². The van der Waals surface area contributed by atoms with E-state index in [1.807, 2.05) is 6.92 Å². The van der Waals surface area contributed by atoms with Crippen molar-refractivity contribution in [2.45, 2.75) is 13.3 Å². The van der Waals surface area contributed by atoms with Crippen molar-refractivity contribution in [1.29, 1.82) is 0 Å². The molecule has 0 aromatic heterocycles. The molecule has 0 saturated carbocycles. The SMILES string of the molecule is C=CC(CCOCC)COS(C)(=O)=O. The van der Waals surface area contributed by atoms with Crippen LogP contribution in [0.2, 0.25) is 0 Å². The highest BCUT2D eigenvalue weighted by Gasteiger charge is 2.08. The second kappa shape index (κ2) is 6.98. The van der Waals surface area contributed by atoms with Gasteiger partial charge in [-0.3, -0.25) is 4.18 Å². The number of hydrogen-bond acceptors (Lipinski definition) is 4. The van der Waals surface area contributed by atoms with Crippen LogP contribution in [0.15, 0.2) is 12.7 Å². The van der Waals surface area contributed by atoms with Gasteiger partial charge in [-0.1, -0.05) is 6.08 Å². The van der Waals surface area contributed by atoms with Gasteiger partial charge in [-0.25, -0.2) is 0 Å². The van der Waals surface area contributed by atoms with Gasteiger partial charge in [0.1, 0.15) is 0 Å². The molecule has 0 aromatic rings. The molecule has 14 heavy (non-hydrogen) atoms. The molecular formula is C9H18O4S. The highest BCUT2D eigenvalue weighted by molar-refractivity contribution is 7.85. The summed E-state index contributed by atoms with van der Waals surface area (Å²) >= 11 is 0. The fraction of sp³-hybridized carbons (Fsp3) is 0.778. The summed E-state index contributed by atoms with van der Waals surface area (Å²) in [5.74, 6) is 0.0243. The molecule has 0 N–H and O–H groups in total. The van der Waals surface area contributed by atoms with Crippen LogP contribution in [0.4, 0.5) is 0 Å². The predicted molar refractivity (Wildman–Crippen MR) is 55.6 cm³/mol. The molecule has 0 aromatic carbocycles. The Morgan fingerprint density at radius 2 is 2.14 bits per heavy atom. The Labute approximate surface area is 86.0 Å². The van der Waals surface area contributed by atoms with Gasteiger partial charge in [0.05, 0.1) is 12.9 Å². The van der Waals surface area contributed by atoms with Crippen molar-refractivity contribution >= 4 is 10.1 Å². The summed E-state index contributed by atoms with van der Waals surface area (Å²) in [5.41, 5.74) is 0. The maximum absolute atomic E-state index is 10.7. The Hall–Kier alpha value is -0.390. The monoisotopic (exact) mass is 222 g/mol. The van der Waals surface area contributed by atoms with Crippen molar-refractivity contribution in [3.8, 4) is 0 Å². The smallest absolute Gasteiger partial charge is 0.264 e. The molecule has 0 aliphatic heterocycles. The average Bonchev–Trinajstić information content (AvgIpc) is 2.09. The van der Waals surface area contributed by atoms with Crippen LogP contribution in [-0.4, -0.2) is 34.5 Å². The van der Waals surface area contributed by atoms with Crippen molar-refractivity contribution in [2.75, 3.05) is 26.1 Å². The maximum Gasteiger partial charge on any atom is 0.264 e. The molecule has 0 aliphatic carbocycles. The Balaban J connectivity index is 3.74. The van der Waals surface area contributed by atoms with Gasteiger partial charge in [-0.05, 0) is 13.3 Å². The van der Waals surface area contributed by atoms with Crippen molar-refractivity contribution < 1.29 is 17.3 Å². The van der Waals surface area contributed by atoms with Crippen LogP contribution in [-0.2, 0) is 19.0 Å². The minimum Gasteiger partial charge on any atom is -0.382 e. The molecule has 1 atom stereocenters. The van der Waals surface area contributed by atoms with Gasteiger partial charge >= 0.3 is 0 Å². The van der Waals surface area contributed by atoms with Crippen LogP contribution >= 0.6 is 0 Å². The third-order valence-corrected chi connectivity index (χ3v) is 2.23. The lowest BCUT2D eigenvalue weighted by atomic mass is 10.1. The van der Waals surface area contributed by atoms with Gasteiger partial charge < -0.3 is 4.74 Å². The van der Waals surface area contributed by atoms with Crippen LogP contribution in [0, 0.1) is 5.92 Å². The van der Waals surface area contributed by atoms with E-state index >= 15 is 0 Å². The summed E-state index contributed by atoms with van der Waals surface area (Å²) in [6, 6.07) is 0. The predicted octanol–water partition coefficient (Wildman–Crippen LogP) is 1.19. The van der Waals surface area contributed by atoms with Gasteiger partial charge in [0.25, 0.3) is 10.1 Å². The van der Waals surface area contributed by atoms with Crippen LogP contribution in [0.3, 0.4) is 0 Å². The molecule has 0 saturated heterocycles. The second-order valence-electron chi connectivity index (χ2n) is 2.97. The van der Waals surface area contributed by atoms with Crippen molar-refractivity contribution in [1.82, 2.24) is 0 Å². The van der Waals surface area contributed by atoms with E-state index in [0.717, 1.165) is 12.7 Å². The molecule has 0 aliphatic rings. The zero-order chi connectivity index (χ0) is 11.0. The number of ether oxygens (including phenoxy) is 1. The van der Waals surface area contributed by atoms with E-state index in [0.29, 0.717) is 13.2 Å². The highest BCUT2D eigenvalue weighted by Crippen LogP contribution is 2.06. The van der Waals surface area contributed by atoms with Gasteiger partial charge in [-0.15, -0.1) is 6.58 Å². The summed E-state index contributed by atoms with van der Waals surface area (Å²) in [4.78, 5) is 0. The Morgan fingerprint density at radius 3 is 2.57 bits per heavy atom. The first-order valence-electron chi connectivity index (χ1n) is 4.54. The van der Waals surface area contributed by atoms with Gasteiger partial charge in [0.15, 0.2) is 0 Å². The third-order valence-electron chi connectivity index (χ3n) is 1.67. The van der Waals surface area contributed by atoms with Gasteiger partial charge in [0.2, 0.25) is 0 Å². The molecule has 4 nitrogen and oxygen atoms in total. The fourth-order valence-electron chi connectivity index (χ4n) is 0.859. The summed E-state index contributed by atoms with van der Waals surface area (Å²) < 4.78 is 31.2. The average molecular weight is 222 g/mol. The van der Waals surface area contributed by atoms with E-state index in [1.54, 1.807) is 6.08 Å². The highest BCUT2D eigenvalue weighted by atomic mass is 32.2. The van der Waals surface area contributed by atoms with E-state index in [1.165, 1.54) is 0 Å². The minimum absolute atomic E-state index is 0.0243. The lowest BCUT2D eigenvalue weighted by Gasteiger charge is -2.11. The molecule has 0 bridgehead atoms. The molecule has 0 amide bonds. The molecule has 84 valence electrons. The number of rotatable bonds is 8. The van der Waals surface area contributed by atoms with Gasteiger partial charge in [0, 0.05) is 19.1 Å². The molecule has 5 heteroatoms.